The van der Waals surface area contributed by atoms with Gasteiger partial charge in [-0.25, -0.2) is 0 Å². The van der Waals surface area contributed by atoms with Gasteiger partial charge in [-0.3, -0.25) is 9.59 Å². The van der Waals surface area contributed by atoms with Gasteiger partial charge in [0.05, 0.1) is 12.6 Å². The molecule has 2 unspecified atom stereocenters. The molecule has 1 saturated carbocycles. The molecule has 5 N–H and O–H groups in total. The summed E-state index contributed by atoms with van der Waals surface area (Å²) in [5, 5.41) is 5.32. The first-order valence-corrected chi connectivity index (χ1v) is 13.2. The van der Waals surface area contributed by atoms with Crippen molar-refractivity contribution >= 4 is 20.0 Å². The highest BCUT2D eigenvalue weighted by atomic mass is 31.1. The van der Waals surface area contributed by atoms with Crippen molar-refractivity contribution in [3.8, 4) is 0 Å². The standard InChI is InChI=1S/C17H34N3O3P.C7H8/c1-13(2)16(18)17(22)20-11-15(21)19-9-6-10-24(23)12-14-7-4-3-5-8-14;1-7-5-3-2-4-6-7/h13-14,16,23H,3-12,18H2,1-2H3,(H,19,21)(H,20,22);2-6H,1H3. The van der Waals surface area contributed by atoms with Crippen LogP contribution >= 0.6 is 8.15 Å². The van der Waals surface area contributed by atoms with Gasteiger partial charge in [0.15, 0.2) is 0 Å². The second kappa shape index (κ2) is 16.2. The molecule has 7 heteroatoms. The van der Waals surface area contributed by atoms with E-state index in [0.29, 0.717) is 12.5 Å². The third-order valence-corrected chi connectivity index (χ3v) is 7.26. The first kappa shape index (κ1) is 27.5. The number of nitrogens with one attached hydrogen (secondary N) is 2. The molecule has 1 aliphatic rings. The second-order valence-corrected chi connectivity index (χ2v) is 10.6. The Kier molecular flexibility index (Phi) is 14.4. The summed E-state index contributed by atoms with van der Waals surface area (Å²) in [4.78, 5) is 33.5. The zero-order valence-corrected chi connectivity index (χ0v) is 20.4. The van der Waals surface area contributed by atoms with Gasteiger partial charge in [0, 0.05) is 14.7 Å². The maximum Gasteiger partial charge on any atom is 0.239 e. The van der Waals surface area contributed by atoms with E-state index in [-0.39, 0.29) is 24.3 Å². The molecule has 2 amide bonds. The molecule has 1 fully saturated rings. The third kappa shape index (κ3) is 13.5. The largest absolute Gasteiger partial charge is 0.374 e. The average molecular weight is 452 g/mol. The highest BCUT2D eigenvalue weighted by Gasteiger charge is 2.18. The summed E-state index contributed by atoms with van der Waals surface area (Å²) in [5.41, 5.74) is 7.03. The van der Waals surface area contributed by atoms with Crippen molar-refractivity contribution in [3.05, 3.63) is 35.9 Å². The fraction of sp³-hybridized carbons (Fsp3) is 0.667. The topological polar surface area (TPSA) is 104 Å². The van der Waals surface area contributed by atoms with Crippen molar-refractivity contribution in [2.45, 2.75) is 65.3 Å². The number of hydrogen-bond donors (Lipinski definition) is 4. The molecule has 0 spiro atoms. The molecule has 0 bridgehead atoms. The second-order valence-electron chi connectivity index (χ2n) is 8.76. The number of aryl methyl sites for hydroxylation is 1. The van der Waals surface area contributed by atoms with Crippen LogP contribution in [0.1, 0.15) is 57.9 Å². The van der Waals surface area contributed by atoms with Crippen LogP contribution < -0.4 is 16.4 Å². The number of carbonyl (C=O) groups excluding carboxylic acids is 2. The summed E-state index contributed by atoms with van der Waals surface area (Å²) in [7, 11) is -0.906. The van der Waals surface area contributed by atoms with Crippen LogP contribution in [-0.4, -0.2) is 48.2 Å². The van der Waals surface area contributed by atoms with E-state index in [2.05, 4.69) is 29.7 Å². The van der Waals surface area contributed by atoms with E-state index in [1.807, 2.05) is 32.0 Å². The Labute approximate surface area is 189 Å². The van der Waals surface area contributed by atoms with Gasteiger partial charge >= 0.3 is 0 Å². The van der Waals surface area contributed by atoms with Gasteiger partial charge in [-0.2, -0.15) is 0 Å². The molecular weight excluding hydrogens is 409 g/mol. The Morgan fingerprint density at radius 3 is 2.32 bits per heavy atom. The molecule has 0 aliphatic heterocycles. The molecule has 0 radical (unpaired) electrons. The monoisotopic (exact) mass is 451 g/mol. The molecule has 0 heterocycles. The van der Waals surface area contributed by atoms with Gasteiger partial charge in [-0.05, 0) is 37.5 Å². The lowest BCUT2D eigenvalue weighted by Gasteiger charge is -2.23. The fourth-order valence-corrected chi connectivity index (χ4v) is 5.10. The zero-order chi connectivity index (χ0) is 23.1. The molecule has 2 rings (SSSR count). The Morgan fingerprint density at radius 1 is 1.13 bits per heavy atom. The first-order valence-electron chi connectivity index (χ1n) is 11.5. The molecule has 0 saturated heterocycles. The molecule has 6 nitrogen and oxygen atoms in total. The van der Waals surface area contributed by atoms with E-state index in [1.54, 1.807) is 0 Å². The number of benzene rings is 1. The van der Waals surface area contributed by atoms with Crippen LogP contribution in [0.2, 0.25) is 0 Å². The van der Waals surface area contributed by atoms with E-state index >= 15 is 0 Å². The summed E-state index contributed by atoms with van der Waals surface area (Å²) < 4.78 is 0. The van der Waals surface area contributed by atoms with Crippen LogP contribution in [0.3, 0.4) is 0 Å². The normalized spacial score (nSPS) is 16.1. The number of carbonyl (C=O) groups is 2. The lowest BCUT2D eigenvalue weighted by atomic mass is 9.91. The summed E-state index contributed by atoms with van der Waals surface area (Å²) in [6, 6.07) is 9.67. The van der Waals surface area contributed by atoms with Crippen LogP contribution in [-0.2, 0) is 9.59 Å². The smallest absolute Gasteiger partial charge is 0.239 e. The van der Waals surface area contributed by atoms with Crippen molar-refractivity contribution in [2.24, 2.45) is 17.6 Å². The van der Waals surface area contributed by atoms with Crippen molar-refractivity contribution in [1.29, 1.82) is 0 Å². The predicted octanol–water partition coefficient (Wildman–Crippen LogP) is 3.56. The maximum atomic E-state index is 11.7. The minimum absolute atomic E-state index is 0.0426. The van der Waals surface area contributed by atoms with E-state index in [1.165, 1.54) is 37.7 Å². The molecule has 31 heavy (non-hydrogen) atoms. The molecule has 1 aromatic rings. The van der Waals surface area contributed by atoms with E-state index in [9.17, 15) is 14.5 Å². The summed E-state index contributed by atoms with van der Waals surface area (Å²) >= 11 is 0. The molecular formula is C24H42N3O3P. The van der Waals surface area contributed by atoms with E-state index in [4.69, 9.17) is 5.73 Å². The summed E-state index contributed by atoms with van der Waals surface area (Å²) in [5.74, 6) is 0.228. The highest BCUT2D eigenvalue weighted by Crippen LogP contribution is 2.38. The van der Waals surface area contributed by atoms with Crippen LogP contribution in [0, 0.1) is 18.8 Å². The van der Waals surface area contributed by atoms with Gasteiger partial charge in [0.2, 0.25) is 11.8 Å². The Balaban J connectivity index is 0.000000577. The minimum Gasteiger partial charge on any atom is -0.374 e. The van der Waals surface area contributed by atoms with Crippen molar-refractivity contribution < 1.29 is 14.5 Å². The number of rotatable bonds is 10. The summed E-state index contributed by atoms with van der Waals surface area (Å²) in [6.07, 6.45) is 8.96. The third-order valence-electron chi connectivity index (χ3n) is 5.49. The molecule has 1 aromatic carbocycles. The van der Waals surface area contributed by atoms with E-state index in [0.717, 1.165) is 18.7 Å². The highest BCUT2D eigenvalue weighted by molar-refractivity contribution is 7.51. The van der Waals surface area contributed by atoms with Crippen molar-refractivity contribution in [3.63, 3.8) is 0 Å². The summed E-state index contributed by atoms with van der Waals surface area (Å²) in [6.45, 7) is 6.31. The van der Waals surface area contributed by atoms with Crippen molar-refractivity contribution in [1.82, 2.24) is 10.6 Å². The van der Waals surface area contributed by atoms with Gasteiger partial charge in [-0.15, -0.1) is 0 Å². The number of nitrogens with two attached hydrogens (primary N) is 1. The molecule has 2 atom stereocenters. The van der Waals surface area contributed by atoms with Crippen LogP contribution in [0.15, 0.2) is 30.3 Å². The van der Waals surface area contributed by atoms with Crippen LogP contribution in [0.25, 0.3) is 0 Å². The van der Waals surface area contributed by atoms with Crippen molar-refractivity contribution in [2.75, 3.05) is 25.4 Å². The predicted molar refractivity (Wildman–Crippen MR) is 130 cm³/mol. The van der Waals surface area contributed by atoms with Gasteiger partial charge in [0.25, 0.3) is 0 Å². The number of amides is 2. The van der Waals surface area contributed by atoms with E-state index < -0.39 is 14.2 Å². The molecule has 176 valence electrons. The Hall–Kier alpha value is -1.49. The van der Waals surface area contributed by atoms with Gasteiger partial charge in [0.1, 0.15) is 0 Å². The zero-order valence-electron chi connectivity index (χ0n) is 19.5. The van der Waals surface area contributed by atoms with Gasteiger partial charge < -0.3 is 21.3 Å². The molecule has 0 aromatic heterocycles. The Morgan fingerprint density at radius 2 is 1.77 bits per heavy atom. The Bertz CT molecular complexity index is 622. The lowest BCUT2D eigenvalue weighted by Crippen LogP contribution is -2.47. The average Bonchev–Trinajstić information content (AvgIpc) is 2.76. The van der Waals surface area contributed by atoms with Crippen LogP contribution in [0.5, 0.6) is 0 Å². The lowest BCUT2D eigenvalue weighted by molar-refractivity contribution is -0.127. The van der Waals surface area contributed by atoms with Gasteiger partial charge in [-0.1, -0.05) is 81.8 Å². The fourth-order valence-electron chi connectivity index (χ4n) is 3.43. The quantitative estimate of drug-likeness (QED) is 0.322. The maximum absolute atomic E-state index is 11.7. The number of hydrogen-bond acceptors (Lipinski definition) is 4. The minimum atomic E-state index is -0.906. The van der Waals surface area contributed by atoms with Crippen LogP contribution in [0.4, 0.5) is 0 Å². The molecule has 1 aliphatic carbocycles. The SMILES string of the molecule is CC(C)C(N)C(=O)NCC(=O)NCCCP(O)CC1CCCCC1.Cc1ccccc1. The first-order chi connectivity index (χ1) is 14.8.